The fourth-order valence-electron chi connectivity index (χ4n) is 2.43. The van der Waals surface area contributed by atoms with E-state index in [0.717, 1.165) is 29.6 Å². The number of thiophene rings is 1. The van der Waals surface area contributed by atoms with E-state index in [2.05, 4.69) is 37.2 Å². The normalized spacial score (nSPS) is 18.6. The summed E-state index contributed by atoms with van der Waals surface area (Å²) in [6, 6.07) is 1.68. The number of sulfonamides is 1. The summed E-state index contributed by atoms with van der Waals surface area (Å²) < 4.78 is 28.3. The molecule has 0 radical (unpaired) electrons. The van der Waals surface area contributed by atoms with Gasteiger partial charge in [0.1, 0.15) is 4.90 Å². The molecule has 0 atom stereocenters. The minimum absolute atomic E-state index is 0.378. The van der Waals surface area contributed by atoms with Crippen LogP contribution in [-0.2, 0) is 10.0 Å². The molecule has 0 amide bonds. The molecule has 1 N–H and O–H groups in total. The van der Waals surface area contributed by atoms with E-state index in [1.165, 1.54) is 11.3 Å². The molecular formula is C12H18Br2N2O2S2. The fraction of sp³-hybridized carbons (Fsp3) is 0.667. The van der Waals surface area contributed by atoms with Crippen molar-refractivity contribution in [1.82, 2.24) is 9.62 Å². The number of hydrogen-bond donors (Lipinski definition) is 1. The summed E-state index contributed by atoms with van der Waals surface area (Å²) in [5.41, 5.74) is 0. The third-order valence-corrected chi connectivity index (χ3v) is 8.27. The molecule has 1 fully saturated rings. The van der Waals surface area contributed by atoms with Crippen LogP contribution >= 0.6 is 43.2 Å². The third-order valence-electron chi connectivity index (χ3n) is 3.62. The van der Waals surface area contributed by atoms with Gasteiger partial charge in [0.25, 0.3) is 0 Å². The van der Waals surface area contributed by atoms with Crippen molar-refractivity contribution in [3.63, 3.8) is 0 Å². The van der Waals surface area contributed by atoms with Crippen LogP contribution in [0.15, 0.2) is 18.5 Å². The zero-order valence-electron chi connectivity index (χ0n) is 11.2. The summed E-state index contributed by atoms with van der Waals surface area (Å²) in [7, 11) is -1.41. The first-order chi connectivity index (χ1) is 9.45. The number of hydrogen-bond acceptors (Lipinski definition) is 4. The van der Waals surface area contributed by atoms with Crippen LogP contribution in [0, 0.1) is 5.92 Å². The van der Waals surface area contributed by atoms with Gasteiger partial charge in [0.2, 0.25) is 10.0 Å². The Bertz CT molecular complexity index is 552. The zero-order chi connectivity index (χ0) is 14.8. The summed E-state index contributed by atoms with van der Waals surface area (Å²) in [4.78, 5) is 0.378. The lowest BCUT2D eigenvalue weighted by Gasteiger charge is -2.31. The highest BCUT2D eigenvalue weighted by atomic mass is 79.9. The van der Waals surface area contributed by atoms with Crippen molar-refractivity contribution in [2.24, 2.45) is 5.92 Å². The van der Waals surface area contributed by atoms with Crippen molar-refractivity contribution in [2.75, 3.05) is 26.7 Å². The Morgan fingerprint density at radius 3 is 2.55 bits per heavy atom. The van der Waals surface area contributed by atoms with Gasteiger partial charge in [-0.3, -0.25) is 0 Å². The molecule has 1 aromatic rings. The maximum Gasteiger partial charge on any atom is 0.245 e. The SMILES string of the molecule is CNCCC1CCN(S(=O)(=O)c2cc(Br)sc2Br)CC1. The molecule has 8 heteroatoms. The Labute approximate surface area is 141 Å². The van der Waals surface area contributed by atoms with Crippen molar-refractivity contribution in [3.05, 3.63) is 13.6 Å². The van der Waals surface area contributed by atoms with Crippen molar-refractivity contribution >= 4 is 53.2 Å². The second kappa shape index (κ2) is 7.19. The molecule has 0 aromatic carbocycles. The summed E-state index contributed by atoms with van der Waals surface area (Å²) in [6.45, 7) is 2.24. The van der Waals surface area contributed by atoms with Crippen LogP contribution in [-0.4, -0.2) is 39.4 Å². The van der Waals surface area contributed by atoms with Crippen LogP contribution in [0.2, 0.25) is 0 Å². The molecule has 0 saturated carbocycles. The maximum absolute atomic E-state index is 12.6. The molecule has 0 spiro atoms. The van der Waals surface area contributed by atoms with Crippen LogP contribution in [0.1, 0.15) is 19.3 Å². The number of nitrogens with one attached hydrogen (secondary N) is 1. The van der Waals surface area contributed by atoms with Gasteiger partial charge in [-0.2, -0.15) is 4.31 Å². The Morgan fingerprint density at radius 1 is 1.40 bits per heavy atom. The second-order valence-corrected chi connectivity index (χ2v) is 10.6. The highest BCUT2D eigenvalue weighted by molar-refractivity contribution is 9.12. The topological polar surface area (TPSA) is 49.4 Å². The van der Waals surface area contributed by atoms with Crippen LogP contribution in [0.5, 0.6) is 0 Å². The minimum atomic E-state index is -3.36. The molecule has 2 heterocycles. The minimum Gasteiger partial charge on any atom is -0.320 e. The molecular weight excluding hydrogens is 428 g/mol. The van der Waals surface area contributed by atoms with Crippen LogP contribution in [0.4, 0.5) is 0 Å². The van der Waals surface area contributed by atoms with Gasteiger partial charge in [0, 0.05) is 13.1 Å². The highest BCUT2D eigenvalue weighted by Crippen LogP contribution is 2.37. The van der Waals surface area contributed by atoms with Crippen LogP contribution < -0.4 is 5.32 Å². The quantitative estimate of drug-likeness (QED) is 0.756. The average Bonchev–Trinajstić information content (AvgIpc) is 2.76. The molecule has 4 nitrogen and oxygen atoms in total. The standard InChI is InChI=1S/C12H18Br2N2O2S2/c1-15-5-2-9-3-6-16(7-4-9)20(17,18)10-8-11(13)19-12(10)14/h8-9,15H,2-7H2,1H3. The molecule has 1 aromatic heterocycles. The molecule has 1 aliphatic heterocycles. The van der Waals surface area contributed by atoms with Gasteiger partial charge in [-0.05, 0) is 76.7 Å². The smallest absolute Gasteiger partial charge is 0.245 e. The molecule has 2 rings (SSSR count). The predicted molar refractivity (Wildman–Crippen MR) is 89.7 cm³/mol. The van der Waals surface area contributed by atoms with Gasteiger partial charge in [-0.1, -0.05) is 0 Å². The first kappa shape index (κ1) is 16.9. The lowest BCUT2D eigenvalue weighted by atomic mass is 9.95. The third kappa shape index (κ3) is 3.84. The van der Waals surface area contributed by atoms with Gasteiger partial charge in [-0.25, -0.2) is 8.42 Å². The number of nitrogens with zero attached hydrogens (tertiary/aromatic N) is 1. The molecule has 114 valence electrons. The van der Waals surface area contributed by atoms with Crippen molar-refractivity contribution in [2.45, 2.75) is 24.2 Å². The van der Waals surface area contributed by atoms with Crippen molar-refractivity contribution in [1.29, 1.82) is 0 Å². The van der Waals surface area contributed by atoms with Gasteiger partial charge in [0.05, 0.1) is 7.57 Å². The van der Waals surface area contributed by atoms with E-state index in [9.17, 15) is 8.42 Å². The number of piperidine rings is 1. The van der Waals surface area contributed by atoms with E-state index in [1.807, 2.05) is 7.05 Å². The monoisotopic (exact) mass is 444 g/mol. The Kier molecular flexibility index (Phi) is 6.08. The molecule has 0 bridgehead atoms. The van der Waals surface area contributed by atoms with Crippen LogP contribution in [0.3, 0.4) is 0 Å². The Hall–Kier alpha value is 0.530. The molecule has 0 aliphatic carbocycles. The summed E-state index contributed by atoms with van der Waals surface area (Å²) in [6.07, 6.45) is 3.02. The van der Waals surface area contributed by atoms with E-state index in [-0.39, 0.29) is 0 Å². The zero-order valence-corrected chi connectivity index (χ0v) is 16.0. The van der Waals surface area contributed by atoms with E-state index in [1.54, 1.807) is 10.4 Å². The molecule has 1 aliphatic rings. The summed E-state index contributed by atoms with van der Waals surface area (Å²) in [5, 5.41) is 3.15. The largest absolute Gasteiger partial charge is 0.320 e. The van der Waals surface area contributed by atoms with Crippen molar-refractivity contribution < 1.29 is 8.42 Å². The number of rotatable bonds is 5. The fourth-order valence-corrected chi connectivity index (χ4v) is 7.66. The predicted octanol–water partition coefficient (Wildman–Crippen LogP) is 3.28. The van der Waals surface area contributed by atoms with Gasteiger partial charge < -0.3 is 5.32 Å². The summed E-state index contributed by atoms with van der Waals surface area (Å²) >= 11 is 8.07. The molecule has 1 saturated heterocycles. The first-order valence-electron chi connectivity index (χ1n) is 6.54. The summed E-state index contributed by atoms with van der Waals surface area (Å²) in [5.74, 6) is 0.631. The van der Waals surface area contributed by atoms with Gasteiger partial charge in [0.15, 0.2) is 0 Å². The highest BCUT2D eigenvalue weighted by Gasteiger charge is 2.31. The molecule has 20 heavy (non-hydrogen) atoms. The Balaban J connectivity index is 2.04. The van der Waals surface area contributed by atoms with Crippen LogP contribution in [0.25, 0.3) is 0 Å². The number of halogens is 2. The van der Waals surface area contributed by atoms with Gasteiger partial charge >= 0.3 is 0 Å². The van der Waals surface area contributed by atoms with E-state index in [0.29, 0.717) is 27.7 Å². The molecule has 0 unspecified atom stereocenters. The van der Waals surface area contributed by atoms with E-state index in [4.69, 9.17) is 0 Å². The Morgan fingerprint density at radius 2 is 2.05 bits per heavy atom. The first-order valence-corrected chi connectivity index (χ1v) is 10.4. The van der Waals surface area contributed by atoms with E-state index < -0.39 is 10.0 Å². The van der Waals surface area contributed by atoms with Gasteiger partial charge in [-0.15, -0.1) is 11.3 Å². The lowest BCUT2D eigenvalue weighted by molar-refractivity contribution is 0.263. The lowest BCUT2D eigenvalue weighted by Crippen LogP contribution is -2.38. The maximum atomic E-state index is 12.6. The van der Waals surface area contributed by atoms with E-state index >= 15 is 0 Å². The average molecular weight is 446 g/mol. The van der Waals surface area contributed by atoms with Crippen molar-refractivity contribution in [3.8, 4) is 0 Å². The second-order valence-electron chi connectivity index (χ2n) is 4.93.